The van der Waals surface area contributed by atoms with Gasteiger partial charge in [-0.25, -0.2) is 4.39 Å². The maximum atomic E-state index is 12.7. The molecule has 0 radical (unpaired) electrons. The largest absolute Gasteiger partial charge is 0.331 e. The van der Waals surface area contributed by atoms with Crippen molar-refractivity contribution in [3.05, 3.63) is 65.5 Å². The van der Waals surface area contributed by atoms with Gasteiger partial charge in [-0.2, -0.15) is 5.10 Å². The predicted molar refractivity (Wildman–Crippen MR) is 89.8 cm³/mol. The van der Waals surface area contributed by atoms with E-state index in [2.05, 4.69) is 15.8 Å². The lowest BCUT2D eigenvalue weighted by Crippen LogP contribution is -2.23. The normalized spacial score (nSPS) is 10.5. The summed E-state index contributed by atoms with van der Waals surface area (Å²) in [6.07, 6.45) is 1.53. The van der Waals surface area contributed by atoms with Crippen LogP contribution in [-0.2, 0) is 0 Å². The number of carbonyl (C=O) groups excluding carboxylic acids is 1. The van der Waals surface area contributed by atoms with Crippen molar-refractivity contribution in [2.45, 2.75) is 6.92 Å². The number of benzene rings is 2. The Balaban J connectivity index is 1.87. The lowest BCUT2D eigenvalue weighted by atomic mass is 10.1. The Morgan fingerprint density at radius 1 is 1.14 bits per heavy atom. The van der Waals surface area contributed by atoms with Gasteiger partial charge in [-0.1, -0.05) is 12.1 Å². The van der Waals surface area contributed by atoms with Crippen molar-refractivity contribution in [2.75, 3.05) is 5.32 Å². The standard InChI is InChI=1S/C16H14FN3OS/c1-11(21)13-4-8-15(9-5-13)19-16(22)20-18-10-12-2-6-14(17)7-3-12/h2-10H,1H3,(H2,19,20,22)/b18-10-. The summed E-state index contributed by atoms with van der Waals surface area (Å²) in [6, 6.07) is 12.9. The predicted octanol–water partition coefficient (Wildman–Crippen LogP) is 3.35. The molecule has 2 aromatic carbocycles. The molecular weight excluding hydrogens is 301 g/mol. The average Bonchev–Trinajstić information content (AvgIpc) is 2.50. The molecule has 0 spiro atoms. The van der Waals surface area contributed by atoms with Crippen molar-refractivity contribution in [3.63, 3.8) is 0 Å². The van der Waals surface area contributed by atoms with Crippen LogP contribution in [0.1, 0.15) is 22.8 Å². The van der Waals surface area contributed by atoms with E-state index in [0.29, 0.717) is 10.7 Å². The number of hydrogen-bond acceptors (Lipinski definition) is 3. The molecule has 0 unspecified atom stereocenters. The van der Waals surface area contributed by atoms with Crippen LogP contribution < -0.4 is 10.7 Å². The molecule has 2 N–H and O–H groups in total. The molecule has 112 valence electrons. The number of anilines is 1. The Bertz CT molecular complexity index is 696. The number of Topliss-reactive ketones (excluding diaryl/α,β-unsaturated/α-hetero) is 1. The second-order valence-corrected chi connectivity index (χ2v) is 4.92. The lowest BCUT2D eigenvalue weighted by Gasteiger charge is -2.07. The summed E-state index contributed by atoms with van der Waals surface area (Å²) >= 11 is 5.09. The summed E-state index contributed by atoms with van der Waals surface area (Å²) in [6.45, 7) is 1.51. The molecule has 0 heterocycles. The molecular formula is C16H14FN3OS. The van der Waals surface area contributed by atoms with Crippen molar-refractivity contribution >= 4 is 35.0 Å². The molecule has 2 aromatic rings. The van der Waals surface area contributed by atoms with Crippen LogP contribution in [0.15, 0.2) is 53.6 Å². The molecule has 0 aliphatic carbocycles. The van der Waals surface area contributed by atoms with Crippen LogP contribution in [0, 0.1) is 5.82 Å². The number of nitrogens with one attached hydrogen (secondary N) is 2. The molecule has 0 atom stereocenters. The minimum atomic E-state index is -0.295. The summed E-state index contributed by atoms with van der Waals surface area (Å²) < 4.78 is 12.7. The van der Waals surface area contributed by atoms with E-state index >= 15 is 0 Å². The third kappa shape index (κ3) is 4.75. The summed E-state index contributed by atoms with van der Waals surface area (Å²) in [5.41, 5.74) is 4.80. The van der Waals surface area contributed by atoms with Crippen molar-refractivity contribution in [1.82, 2.24) is 5.43 Å². The fourth-order valence-electron chi connectivity index (χ4n) is 1.66. The second kappa shape index (κ2) is 7.42. The summed E-state index contributed by atoms with van der Waals surface area (Å²) in [4.78, 5) is 11.2. The third-order valence-electron chi connectivity index (χ3n) is 2.80. The zero-order valence-corrected chi connectivity index (χ0v) is 12.7. The first kappa shape index (κ1) is 15.8. The van der Waals surface area contributed by atoms with Gasteiger partial charge in [0, 0.05) is 11.3 Å². The van der Waals surface area contributed by atoms with Crippen LogP contribution in [0.3, 0.4) is 0 Å². The van der Waals surface area contributed by atoms with E-state index in [9.17, 15) is 9.18 Å². The molecule has 0 bridgehead atoms. The van der Waals surface area contributed by atoms with Crippen molar-refractivity contribution in [3.8, 4) is 0 Å². The highest BCUT2D eigenvalue weighted by Crippen LogP contribution is 2.09. The smallest absolute Gasteiger partial charge is 0.191 e. The van der Waals surface area contributed by atoms with Crippen molar-refractivity contribution in [2.24, 2.45) is 5.10 Å². The summed E-state index contributed by atoms with van der Waals surface area (Å²) in [5.74, 6) is -0.285. The Hall–Kier alpha value is -2.60. The van der Waals surface area contributed by atoms with E-state index in [-0.39, 0.29) is 11.6 Å². The Morgan fingerprint density at radius 2 is 1.77 bits per heavy atom. The fraction of sp³-hybridized carbons (Fsp3) is 0.0625. The van der Waals surface area contributed by atoms with Gasteiger partial charge in [0.1, 0.15) is 5.82 Å². The van der Waals surface area contributed by atoms with Crippen LogP contribution in [0.2, 0.25) is 0 Å². The highest BCUT2D eigenvalue weighted by Gasteiger charge is 2.00. The minimum Gasteiger partial charge on any atom is -0.331 e. The molecule has 6 heteroatoms. The topological polar surface area (TPSA) is 53.5 Å². The van der Waals surface area contributed by atoms with Gasteiger partial charge in [0.2, 0.25) is 0 Å². The van der Waals surface area contributed by atoms with E-state index in [4.69, 9.17) is 12.2 Å². The fourth-order valence-corrected chi connectivity index (χ4v) is 1.83. The van der Waals surface area contributed by atoms with Crippen LogP contribution in [-0.4, -0.2) is 17.1 Å². The highest BCUT2D eigenvalue weighted by atomic mass is 32.1. The molecule has 0 aromatic heterocycles. The number of thiocarbonyl (C=S) groups is 1. The zero-order chi connectivity index (χ0) is 15.9. The molecule has 0 aliphatic heterocycles. The molecule has 0 saturated carbocycles. The lowest BCUT2D eigenvalue weighted by molar-refractivity contribution is 0.101. The third-order valence-corrected chi connectivity index (χ3v) is 2.99. The zero-order valence-electron chi connectivity index (χ0n) is 11.8. The maximum Gasteiger partial charge on any atom is 0.191 e. The van der Waals surface area contributed by atoms with Gasteiger partial charge in [-0.05, 0) is 61.1 Å². The van der Waals surface area contributed by atoms with Crippen molar-refractivity contribution < 1.29 is 9.18 Å². The van der Waals surface area contributed by atoms with Gasteiger partial charge in [-0.15, -0.1) is 0 Å². The molecule has 0 aliphatic rings. The van der Waals surface area contributed by atoms with Gasteiger partial charge in [0.05, 0.1) is 6.21 Å². The molecule has 2 rings (SSSR count). The summed E-state index contributed by atoms with van der Waals surface area (Å²) in [7, 11) is 0. The first-order chi connectivity index (χ1) is 10.5. The van der Waals surface area contributed by atoms with Gasteiger partial charge in [-0.3, -0.25) is 10.2 Å². The van der Waals surface area contributed by atoms with Crippen LogP contribution in [0.4, 0.5) is 10.1 Å². The highest BCUT2D eigenvalue weighted by molar-refractivity contribution is 7.80. The second-order valence-electron chi connectivity index (χ2n) is 4.51. The SMILES string of the molecule is CC(=O)c1ccc(NC(=S)N/N=C\c2ccc(F)cc2)cc1. The maximum absolute atomic E-state index is 12.7. The number of halogens is 1. The van der Waals surface area contributed by atoms with E-state index in [0.717, 1.165) is 11.3 Å². The van der Waals surface area contributed by atoms with E-state index in [1.165, 1.54) is 25.3 Å². The Labute approximate surface area is 133 Å². The van der Waals surface area contributed by atoms with Gasteiger partial charge in [0.15, 0.2) is 10.9 Å². The number of rotatable bonds is 4. The van der Waals surface area contributed by atoms with Crippen LogP contribution in [0.5, 0.6) is 0 Å². The number of ketones is 1. The minimum absolute atomic E-state index is 0.0103. The molecule has 4 nitrogen and oxygen atoms in total. The number of nitrogens with zero attached hydrogens (tertiary/aromatic N) is 1. The monoisotopic (exact) mass is 315 g/mol. The first-order valence-corrected chi connectivity index (χ1v) is 6.92. The van der Waals surface area contributed by atoms with E-state index < -0.39 is 0 Å². The quantitative estimate of drug-likeness (QED) is 0.393. The Kier molecular flexibility index (Phi) is 5.32. The van der Waals surface area contributed by atoms with E-state index in [1.807, 2.05) is 0 Å². The summed E-state index contributed by atoms with van der Waals surface area (Å²) in [5, 5.41) is 7.21. The van der Waals surface area contributed by atoms with Gasteiger partial charge >= 0.3 is 0 Å². The van der Waals surface area contributed by atoms with Crippen LogP contribution >= 0.6 is 12.2 Å². The van der Waals surface area contributed by atoms with Crippen molar-refractivity contribution in [1.29, 1.82) is 0 Å². The molecule has 0 fully saturated rings. The number of hydrazone groups is 1. The molecule has 0 amide bonds. The number of hydrogen-bond donors (Lipinski definition) is 2. The molecule has 22 heavy (non-hydrogen) atoms. The molecule has 0 saturated heterocycles. The van der Waals surface area contributed by atoms with Crippen LogP contribution in [0.25, 0.3) is 0 Å². The number of carbonyl (C=O) groups is 1. The average molecular weight is 315 g/mol. The Morgan fingerprint density at radius 3 is 2.36 bits per heavy atom. The van der Waals surface area contributed by atoms with Gasteiger partial charge < -0.3 is 5.32 Å². The van der Waals surface area contributed by atoms with E-state index in [1.54, 1.807) is 36.4 Å². The van der Waals surface area contributed by atoms with Gasteiger partial charge in [0.25, 0.3) is 0 Å². The first-order valence-electron chi connectivity index (χ1n) is 6.51.